The maximum Gasteiger partial charge on any atom is 0.329 e. The Morgan fingerprint density at radius 1 is 1.17 bits per heavy atom. The zero-order valence-electron chi connectivity index (χ0n) is 13.2. The minimum atomic E-state index is -0.881. The summed E-state index contributed by atoms with van der Waals surface area (Å²) in [5.74, 6) is -1.05. The van der Waals surface area contributed by atoms with Crippen LogP contribution in [0.25, 0.3) is 0 Å². The second-order valence-electron chi connectivity index (χ2n) is 4.84. The van der Waals surface area contributed by atoms with Gasteiger partial charge in [0.15, 0.2) is 0 Å². The molecule has 2 aromatic carbocycles. The number of hydrogen-bond donors (Lipinski definition) is 2. The predicted octanol–water partition coefficient (Wildman–Crippen LogP) is 2.75. The average Bonchev–Trinajstić information content (AvgIpc) is 2.59. The summed E-state index contributed by atoms with van der Waals surface area (Å²) in [5, 5.41) is 6.74. The molecule has 0 aliphatic carbocycles. The molecule has 0 saturated heterocycles. The molecule has 2 rings (SSSR count). The molecule has 2 N–H and O–H groups in total. The standard InChI is InChI=1S/C17H16ClN3O3/c1-11-14(18)7-4-8-15(11)20-16(22)17(23)21-19-10-12-5-3-6-13(9-12)24-2/h3-10H,1-2H3,(H,20,22)(H,21,23)/b19-10+. The molecular formula is C17H16ClN3O3. The van der Waals surface area contributed by atoms with E-state index < -0.39 is 11.8 Å². The molecule has 0 heterocycles. The highest BCUT2D eigenvalue weighted by atomic mass is 35.5. The van der Waals surface area contributed by atoms with E-state index in [-0.39, 0.29) is 0 Å². The van der Waals surface area contributed by atoms with E-state index in [2.05, 4.69) is 15.8 Å². The zero-order chi connectivity index (χ0) is 17.5. The summed E-state index contributed by atoms with van der Waals surface area (Å²) in [7, 11) is 1.56. The number of ether oxygens (including phenoxy) is 1. The lowest BCUT2D eigenvalue weighted by Gasteiger charge is -2.08. The van der Waals surface area contributed by atoms with Crippen LogP contribution in [-0.4, -0.2) is 25.1 Å². The molecule has 6 nitrogen and oxygen atoms in total. The first kappa shape index (κ1) is 17.5. The van der Waals surface area contributed by atoms with Crippen LogP contribution >= 0.6 is 11.6 Å². The van der Waals surface area contributed by atoms with E-state index in [1.807, 2.05) is 0 Å². The van der Waals surface area contributed by atoms with Crippen LogP contribution in [-0.2, 0) is 9.59 Å². The fourth-order valence-corrected chi connectivity index (χ4v) is 2.03. The van der Waals surface area contributed by atoms with E-state index in [0.717, 1.165) is 5.56 Å². The molecule has 124 valence electrons. The topological polar surface area (TPSA) is 79.8 Å². The van der Waals surface area contributed by atoms with Crippen LogP contribution in [0.1, 0.15) is 11.1 Å². The molecule has 2 aromatic rings. The van der Waals surface area contributed by atoms with Gasteiger partial charge in [0.05, 0.1) is 13.3 Å². The van der Waals surface area contributed by atoms with Gasteiger partial charge < -0.3 is 10.1 Å². The maximum atomic E-state index is 11.9. The Morgan fingerprint density at radius 3 is 2.67 bits per heavy atom. The number of anilines is 1. The summed E-state index contributed by atoms with van der Waals surface area (Å²) in [6.07, 6.45) is 1.42. The third kappa shape index (κ3) is 4.57. The molecule has 0 aliphatic heterocycles. The van der Waals surface area contributed by atoms with Crippen molar-refractivity contribution in [3.8, 4) is 5.75 Å². The monoisotopic (exact) mass is 345 g/mol. The molecule has 0 aliphatic rings. The summed E-state index contributed by atoms with van der Waals surface area (Å²) >= 11 is 5.97. The number of carbonyl (C=O) groups is 2. The number of carbonyl (C=O) groups excluding carboxylic acids is 2. The second kappa shape index (κ2) is 8.12. The Labute approximate surface area is 144 Å². The fourth-order valence-electron chi connectivity index (χ4n) is 1.86. The van der Waals surface area contributed by atoms with Gasteiger partial charge in [0.2, 0.25) is 0 Å². The van der Waals surface area contributed by atoms with E-state index in [1.165, 1.54) is 6.21 Å². The summed E-state index contributed by atoms with van der Waals surface area (Å²) in [4.78, 5) is 23.6. The van der Waals surface area contributed by atoms with Crippen LogP contribution in [0.15, 0.2) is 47.6 Å². The van der Waals surface area contributed by atoms with E-state index in [0.29, 0.717) is 22.0 Å². The molecular weight excluding hydrogens is 330 g/mol. The van der Waals surface area contributed by atoms with Gasteiger partial charge in [-0.2, -0.15) is 5.10 Å². The lowest BCUT2D eigenvalue weighted by Crippen LogP contribution is -2.32. The fraction of sp³-hybridized carbons (Fsp3) is 0.118. The number of nitrogens with zero attached hydrogens (tertiary/aromatic N) is 1. The van der Waals surface area contributed by atoms with Gasteiger partial charge in [-0.05, 0) is 42.3 Å². The highest BCUT2D eigenvalue weighted by Gasteiger charge is 2.14. The molecule has 0 fully saturated rings. The molecule has 0 aromatic heterocycles. The number of hydrazone groups is 1. The highest BCUT2D eigenvalue weighted by molar-refractivity contribution is 6.40. The van der Waals surface area contributed by atoms with Crippen molar-refractivity contribution in [3.63, 3.8) is 0 Å². The normalized spacial score (nSPS) is 10.5. The van der Waals surface area contributed by atoms with E-state index >= 15 is 0 Å². The minimum absolute atomic E-state index is 0.472. The number of nitrogens with one attached hydrogen (secondary N) is 2. The van der Waals surface area contributed by atoms with Gasteiger partial charge in [-0.25, -0.2) is 5.43 Å². The lowest BCUT2D eigenvalue weighted by atomic mass is 10.2. The van der Waals surface area contributed by atoms with Gasteiger partial charge in [-0.3, -0.25) is 9.59 Å². The van der Waals surface area contributed by atoms with E-state index in [9.17, 15) is 9.59 Å². The van der Waals surface area contributed by atoms with Crippen molar-refractivity contribution in [2.24, 2.45) is 5.10 Å². The van der Waals surface area contributed by atoms with Crippen molar-refractivity contribution < 1.29 is 14.3 Å². The van der Waals surface area contributed by atoms with Gasteiger partial charge in [-0.1, -0.05) is 29.8 Å². The first-order valence-electron chi connectivity index (χ1n) is 7.05. The van der Waals surface area contributed by atoms with Crippen molar-refractivity contribution in [3.05, 3.63) is 58.6 Å². The van der Waals surface area contributed by atoms with Gasteiger partial charge in [-0.15, -0.1) is 0 Å². The maximum absolute atomic E-state index is 11.9. The Balaban J connectivity index is 1.95. The molecule has 24 heavy (non-hydrogen) atoms. The summed E-state index contributed by atoms with van der Waals surface area (Å²) in [6, 6.07) is 12.1. The number of halogens is 1. The van der Waals surface area contributed by atoms with Crippen LogP contribution in [0.2, 0.25) is 5.02 Å². The van der Waals surface area contributed by atoms with Crippen LogP contribution in [0.5, 0.6) is 5.75 Å². The first-order valence-corrected chi connectivity index (χ1v) is 7.42. The number of hydrogen-bond acceptors (Lipinski definition) is 4. The van der Waals surface area contributed by atoms with Gasteiger partial charge >= 0.3 is 11.8 Å². The minimum Gasteiger partial charge on any atom is -0.497 e. The predicted molar refractivity (Wildman–Crippen MR) is 93.5 cm³/mol. The highest BCUT2D eigenvalue weighted by Crippen LogP contribution is 2.22. The number of methoxy groups -OCH3 is 1. The number of amides is 2. The molecule has 0 bridgehead atoms. The largest absolute Gasteiger partial charge is 0.497 e. The van der Waals surface area contributed by atoms with Crippen LogP contribution in [0.4, 0.5) is 5.69 Å². The molecule has 7 heteroatoms. The average molecular weight is 346 g/mol. The smallest absolute Gasteiger partial charge is 0.329 e. The summed E-state index contributed by atoms with van der Waals surface area (Å²) in [6.45, 7) is 1.75. The quantitative estimate of drug-likeness (QED) is 0.508. The third-order valence-electron chi connectivity index (χ3n) is 3.20. The summed E-state index contributed by atoms with van der Waals surface area (Å²) < 4.78 is 5.08. The van der Waals surface area contributed by atoms with Crippen LogP contribution in [0, 0.1) is 6.92 Å². The summed E-state index contributed by atoms with van der Waals surface area (Å²) in [5.41, 5.74) is 4.04. The Hall–Kier alpha value is -2.86. The van der Waals surface area contributed by atoms with E-state index in [1.54, 1.807) is 56.5 Å². The molecule has 0 atom stereocenters. The lowest BCUT2D eigenvalue weighted by molar-refractivity contribution is -0.136. The van der Waals surface area contributed by atoms with E-state index in [4.69, 9.17) is 16.3 Å². The van der Waals surface area contributed by atoms with Crippen molar-refractivity contribution in [2.45, 2.75) is 6.92 Å². The zero-order valence-corrected chi connectivity index (χ0v) is 13.9. The van der Waals surface area contributed by atoms with Crippen LogP contribution in [0.3, 0.4) is 0 Å². The van der Waals surface area contributed by atoms with Gasteiger partial charge in [0.1, 0.15) is 5.75 Å². The van der Waals surface area contributed by atoms with Crippen molar-refractivity contribution >= 4 is 35.3 Å². The molecule has 0 saturated carbocycles. The molecule has 2 amide bonds. The molecule has 0 unspecified atom stereocenters. The molecule has 0 spiro atoms. The SMILES string of the molecule is COc1cccc(/C=N/NC(=O)C(=O)Nc2cccc(Cl)c2C)c1. The Bertz CT molecular complexity index is 790. The van der Waals surface area contributed by atoms with Gasteiger partial charge in [0.25, 0.3) is 0 Å². The Kier molecular flexibility index (Phi) is 5.92. The first-order chi connectivity index (χ1) is 11.5. The van der Waals surface area contributed by atoms with Gasteiger partial charge in [0, 0.05) is 10.7 Å². The van der Waals surface area contributed by atoms with Crippen molar-refractivity contribution in [2.75, 3.05) is 12.4 Å². The Morgan fingerprint density at radius 2 is 1.92 bits per heavy atom. The third-order valence-corrected chi connectivity index (χ3v) is 3.61. The number of benzene rings is 2. The van der Waals surface area contributed by atoms with Crippen molar-refractivity contribution in [1.82, 2.24) is 5.43 Å². The number of rotatable bonds is 4. The van der Waals surface area contributed by atoms with Crippen molar-refractivity contribution in [1.29, 1.82) is 0 Å². The molecule has 0 radical (unpaired) electrons. The second-order valence-corrected chi connectivity index (χ2v) is 5.25. The van der Waals surface area contributed by atoms with Crippen LogP contribution < -0.4 is 15.5 Å².